The normalized spacial score (nSPS) is 26.8. The van der Waals surface area contributed by atoms with Gasteiger partial charge in [0.1, 0.15) is 0 Å². The van der Waals surface area contributed by atoms with Crippen molar-refractivity contribution in [2.24, 2.45) is 5.92 Å². The lowest BCUT2D eigenvalue weighted by molar-refractivity contribution is 0.896. The van der Waals surface area contributed by atoms with Crippen molar-refractivity contribution in [3.05, 3.63) is 65.7 Å². The first-order chi connectivity index (χ1) is 8.29. The summed E-state index contributed by atoms with van der Waals surface area (Å²) in [7, 11) is 0. The molecule has 17 heavy (non-hydrogen) atoms. The van der Waals surface area contributed by atoms with Crippen LogP contribution in [0.2, 0.25) is 0 Å². The van der Waals surface area contributed by atoms with E-state index in [-0.39, 0.29) is 0 Å². The van der Waals surface area contributed by atoms with Gasteiger partial charge in [0.15, 0.2) is 0 Å². The Balaban J connectivity index is 1.91. The zero-order valence-electron chi connectivity index (χ0n) is 10.0. The molecule has 0 aromatic heterocycles. The van der Waals surface area contributed by atoms with Gasteiger partial charge in [-0.1, -0.05) is 55.5 Å². The summed E-state index contributed by atoms with van der Waals surface area (Å²) >= 11 is 0. The van der Waals surface area contributed by atoms with Gasteiger partial charge in [0.05, 0.1) is 0 Å². The second-order valence-electron chi connectivity index (χ2n) is 4.95. The first kappa shape index (κ1) is 10.4. The van der Waals surface area contributed by atoms with Gasteiger partial charge >= 0.3 is 0 Å². The van der Waals surface area contributed by atoms with Crippen LogP contribution in [-0.2, 0) is 0 Å². The molecule has 1 heteroatoms. The topological polar surface area (TPSA) is 26.0 Å². The highest BCUT2D eigenvalue weighted by Gasteiger charge is 2.48. The van der Waals surface area contributed by atoms with Gasteiger partial charge in [0.25, 0.3) is 0 Å². The van der Waals surface area contributed by atoms with Gasteiger partial charge in [-0.2, -0.15) is 0 Å². The average Bonchev–Trinajstić information content (AvgIpc) is 3.02. The quantitative estimate of drug-likeness (QED) is 0.770. The maximum atomic E-state index is 6.06. The molecule has 2 aromatic rings. The van der Waals surface area contributed by atoms with Crippen LogP contribution in [0.3, 0.4) is 0 Å². The number of anilines is 1. The second-order valence-corrected chi connectivity index (χ2v) is 4.95. The van der Waals surface area contributed by atoms with Gasteiger partial charge in [-0.25, -0.2) is 0 Å². The maximum absolute atomic E-state index is 6.06. The van der Waals surface area contributed by atoms with Crippen LogP contribution in [-0.4, -0.2) is 0 Å². The number of nitrogens with two attached hydrogens (primary N) is 1. The highest BCUT2D eigenvalue weighted by Crippen LogP contribution is 2.61. The van der Waals surface area contributed by atoms with Crippen LogP contribution in [0.1, 0.15) is 29.9 Å². The SMILES string of the molecule is CC1C(c2ccccc2)C1c1ccccc1N. The molecule has 3 rings (SSSR count). The lowest BCUT2D eigenvalue weighted by Crippen LogP contribution is -1.92. The van der Waals surface area contributed by atoms with E-state index in [1.165, 1.54) is 11.1 Å². The molecule has 0 spiro atoms. The Labute approximate surface area is 102 Å². The Morgan fingerprint density at radius 2 is 1.47 bits per heavy atom. The summed E-state index contributed by atoms with van der Waals surface area (Å²) in [4.78, 5) is 0. The number of rotatable bonds is 2. The zero-order chi connectivity index (χ0) is 11.8. The second kappa shape index (κ2) is 3.92. The summed E-state index contributed by atoms with van der Waals surface area (Å²) in [6.07, 6.45) is 0. The molecule has 2 aromatic carbocycles. The Bertz CT molecular complexity index is 518. The van der Waals surface area contributed by atoms with E-state index >= 15 is 0 Å². The van der Waals surface area contributed by atoms with E-state index in [4.69, 9.17) is 5.73 Å². The third-order valence-electron chi connectivity index (χ3n) is 3.92. The molecule has 1 aliphatic rings. The van der Waals surface area contributed by atoms with E-state index in [0.29, 0.717) is 17.8 Å². The van der Waals surface area contributed by atoms with E-state index in [1.54, 1.807) is 0 Å². The molecule has 3 unspecified atom stereocenters. The first-order valence-corrected chi connectivity index (χ1v) is 6.18. The maximum Gasteiger partial charge on any atom is 0.0349 e. The summed E-state index contributed by atoms with van der Waals surface area (Å²) < 4.78 is 0. The first-order valence-electron chi connectivity index (χ1n) is 6.18. The molecule has 1 saturated carbocycles. The molecule has 0 heterocycles. The van der Waals surface area contributed by atoms with Crippen LogP contribution < -0.4 is 5.73 Å². The zero-order valence-corrected chi connectivity index (χ0v) is 10.0. The Morgan fingerprint density at radius 1 is 0.824 bits per heavy atom. The lowest BCUT2D eigenvalue weighted by Gasteiger charge is -2.04. The average molecular weight is 223 g/mol. The molecule has 0 bridgehead atoms. The molecule has 0 saturated heterocycles. The minimum atomic E-state index is 0.596. The number of para-hydroxylation sites is 1. The van der Waals surface area contributed by atoms with Crippen molar-refractivity contribution in [2.75, 3.05) is 5.73 Å². The fourth-order valence-corrected chi connectivity index (χ4v) is 2.94. The predicted octanol–water partition coefficient (Wildman–Crippen LogP) is 3.79. The molecule has 1 fully saturated rings. The standard InChI is InChI=1S/C16H17N/c1-11-15(12-7-3-2-4-8-12)16(11)13-9-5-6-10-14(13)17/h2-11,15-16H,17H2,1H3. The fourth-order valence-electron chi connectivity index (χ4n) is 2.94. The van der Waals surface area contributed by atoms with Gasteiger partial charge < -0.3 is 5.73 Å². The van der Waals surface area contributed by atoms with Crippen molar-refractivity contribution in [3.63, 3.8) is 0 Å². The van der Waals surface area contributed by atoms with Crippen LogP contribution in [0.4, 0.5) is 5.69 Å². The Morgan fingerprint density at radius 3 is 2.18 bits per heavy atom. The molecule has 0 aliphatic heterocycles. The van der Waals surface area contributed by atoms with E-state index in [1.807, 2.05) is 12.1 Å². The molecule has 1 nitrogen and oxygen atoms in total. The van der Waals surface area contributed by atoms with Crippen LogP contribution in [0, 0.1) is 5.92 Å². The van der Waals surface area contributed by atoms with Gasteiger partial charge in [0.2, 0.25) is 0 Å². The predicted molar refractivity (Wildman–Crippen MR) is 71.9 cm³/mol. The number of benzene rings is 2. The van der Waals surface area contributed by atoms with Gasteiger partial charge in [-0.15, -0.1) is 0 Å². The van der Waals surface area contributed by atoms with Crippen LogP contribution in [0.5, 0.6) is 0 Å². The van der Waals surface area contributed by atoms with Gasteiger partial charge in [0, 0.05) is 5.69 Å². The van der Waals surface area contributed by atoms with Crippen molar-refractivity contribution in [1.82, 2.24) is 0 Å². The smallest absolute Gasteiger partial charge is 0.0349 e. The third kappa shape index (κ3) is 1.72. The van der Waals surface area contributed by atoms with Crippen molar-refractivity contribution in [1.29, 1.82) is 0 Å². The Kier molecular flexibility index (Phi) is 2.40. The van der Waals surface area contributed by atoms with E-state index < -0.39 is 0 Å². The molecule has 0 radical (unpaired) electrons. The Hall–Kier alpha value is -1.76. The number of hydrogen-bond donors (Lipinski definition) is 1. The largest absolute Gasteiger partial charge is 0.398 e. The fraction of sp³-hybridized carbons (Fsp3) is 0.250. The summed E-state index contributed by atoms with van der Waals surface area (Å²) in [6.45, 7) is 2.31. The van der Waals surface area contributed by atoms with Crippen molar-refractivity contribution >= 4 is 5.69 Å². The highest BCUT2D eigenvalue weighted by molar-refractivity contribution is 5.53. The minimum absolute atomic E-state index is 0.596. The van der Waals surface area contributed by atoms with Crippen LogP contribution in [0.25, 0.3) is 0 Å². The highest BCUT2D eigenvalue weighted by atomic mass is 14.6. The summed E-state index contributed by atoms with van der Waals surface area (Å²) in [5.74, 6) is 1.93. The number of hydrogen-bond acceptors (Lipinski definition) is 1. The van der Waals surface area contributed by atoms with E-state index in [0.717, 1.165) is 5.69 Å². The van der Waals surface area contributed by atoms with Gasteiger partial charge in [-0.05, 0) is 34.9 Å². The molecule has 0 amide bonds. The molecular formula is C16H17N. The molecular weight excluding hydrogens is 206 g/mol. The van der Waals surface area contributed by atoms with Crippen LogP contribution in [0.15, 0.2) is 54.6 Å². The van der Waals surface area contributed by atoms with Crippen molar-refractivity contribution < 1.29 is 0 Å². The minimum Gasteiger partial charge on any atom is -0.398 e. The molecule has 2 N–H and O–H groups in total. The molecule has 1 aliphatic carbocycles. The summed E-state index contributed by atoms with van der Waals surface area (Å²) in [6, 6.07) is 19.0. The van der Waals surface area contributed by atoms with Crippen LogP contribution >= 0.6 is 0 Å². The van der Waals surface area contributed by atoms with E-state index in [9.17, 15) is 0 Å². The summed E-state index contributed by atoms with van der Waals surface area (Å²) in [5, 5.41) is 0. The monoisotopic (exact) mass is 223 g/mol. The molecule has 86 valence electrons. The van der Waals surface area contributed by atoms with Gasteiger partial charge in [-0.3, -0.25) is 0 Å². The summed E-state index contributed by atoms with van der Waals surface area (Å²) in [5.41, 5.74) is 9.75. The van der Waals surface area contributed by atoms with Crippen molar-refractivity contribution in [2.45, 2.75) is 18.8 Å². The van der Waals surface area contributed by atoms with E-state index in [2.05, 4.69) is 49.4 Å². The lowest BCUT2D eigenvalue weighted by atomic mass is 10.0. The number of nitrogen functional groups attached to an aromatic ring is 1. The third-order valence-corrected chi connectivity index (χ3v) is 3.92. The van der Waals surface area contributed by atoms with Crippen molar-refractivity contribution in [3.8, 4) is 0 Å². The molecule has 3 atom stereocenters.